The first-order valence-electron chi connectivity index (χ1n) is 3.09. The molecule has 2 nitrogen and oxygen atoms in total. The Hall–Kier alpha value is -0.520. The Morgan fingerprint density at radius 2 is 2.44 bits per heavy atom. The SMILES string of the molecule is C#CCC(C)NCCO. The minimum Gasteiger partial charge on any atom is -0.395 e. The van der Waals surface area contributed by atoms with Crippen LogP contribution in [0.25, 0.3) is 0 Å². The summed E-state index contributed by atoms with van der Waals surface area (Å²) in [6.45, 7) is 2.80. The Morgan fingerprint density at radius 1 is 1.78 bits per heavy atom. The van der Waals surface area contributed by atoms with Crippen LogP contribution in [0, 0.1) is 12.3 Å². The predicted molar refractivity (Wildman–Crippen MR) is 38.0 cm³/mol. The number of rotatable bonds is 4. The zero-order valence-corrected chi connectivity index (χ0v) is 5.72. The maximum atomic E-state index is 8.37. The summed E-state index contributed by atoms with van der Waals surface area (Å²) in [5.41, 5.74) is 0. The van der Waals surface area contributed by atoms with Gasteiger partial charge in [0, 0.05) is 19.0 Å². The molecule has 0 aliphatic rings. The molecule has 0 aromatic heterocycles. The fourth-order valence-corrected chi connectivity index (χ4v) is 0.560. The maximum Gasteiger partial charge on any atom is 0.0556 e. The van der Waals surface area contributed by atoms with E-state index in [1.165, 1.54) is 0 Å². The van der Waals surface area contributed by atoms with E-state index < -0.39 is 0 Å². The second kappa shape index (κ2) is 5.61. The molecule has 0 radical (unpaired) electrons. The molecule has 0 spiro atoms. The number of terminal acetylenes is 1. The van der Waals surface area contributed by atoms with Crippen molar-refractivity contribution in [1.29, 1.82) is 0 Å². The van der Waals surface area contributed by atoms with Crippen LogP contribution in [0.15, 0.2) is 0 Å². The van der Waals surface area contributed by atoms with Gasteiger partial charge in [-0.1, -0.05) is 0 Å². The number of hydrogen-bond donors (Lipinski definition) is 2. The Kier molecular flexibility index (Phi) is 5.29. The molecule has 0 fully saturated rings. The summed E-state index contributed by atoms with van der Waals surface area (Å²) < 4.78 is 0. The lowest BCUT2D eigenvalue weighted by Crippen LogP contribution is -2.28. The summed E-state index contributed by atoms with van der Waals surface area (Å²) in [4.78, 5) is 0. The highest BCUT2D eigenvalue weighted by Crippen LogP contribution is 1.84. The van der Waals surface area contributed by atoms with E-state index in [0.29, 0.717) is 12.6 Å². The molecule has 9 heavy (non-hydrogen) atoms. The molecule has 0 amide bonds. The summed E-state index contributed by atoms with van der Waals surface area (Å²) in [6.07, 6.45) is 5.77. The smallest absolute Gasteiger partial charge is 0.0556 e. The van der Waals surface area contributed by atoms with E-state index in [1.807, 2.05) is 6.92 Å². The van der Waals surface area contributed by atoms with Gasteiger partial charge in [-0.3, -0.25) is 0 Å². The van der Waals surface area contributed by atoms with Crippen molar-refractivity contribution in [2.45, 2.75) is 19.4 Å². The average molecular weight is 127 g/mol. The van der Waals surface area contributed by atoms with Gasteiger partial charge in [0.2, 0.25) is 0 Å². The second-order valence-corrected chi connectivity index (χ2v) is 1.99. The average Bonchev–Trinajstić information content (AvgIpc) is 1.85. The van der Waals surface area contributed by atoms with Crippen LogP contribution in [0.2, 0.25) is 0 Å². The molecule has 0 rings (SSSR count). The molecule has 0 aromatic carbocycles. The quantitative estimate of drug-likeness (QED) is 0.520. The van der Waals surface area contributed by atoms with Gasteiger partial charge in [0.25, 0.3) is 0 Å². The van der Waals surface area contributed by atoms with E-state index in [2.05, 4.69) is 11.2 Å². The highest BCUT2D eigenvalue weighted by atomic mass is 16.3. The van der Waals surface area contributed by atoms with Gasteiger partial charge in [0.05, 0.1) is 6.61 Å². The van der Waals surface area contributed by atoms with E-state index in [-0.39, 0.29) is 6.61 Å². The summed E-state index contributed by atoms with van der Waals surface area (Å²) in [6, 6.07) is 0.321. The van der Waals surface area contributed by atoms with Crippen molar-refractivity contribution in [3.05, 3.63) is 0 Å². The first-order chi connectivity index (χ1) is 4.31. The summed E-state index contributed by atoms with van der Waals surface area (Å²) in [7, 11) is 0. The van der Waals surface area contributed by atoms with Crippen LogP contribution in [0.1, 0.15) is 13.3 Å². The number of hydrogen-bond acceptors (Lipinski definition) is 2. The van der Waals surface area contributed by atoms with Gasteiger partial charge in [-0.05, 0) is 6.92 Å². The van der Waals surface area contributed by atoms with Crippen LogP contribution < -0.4 is 5.32 Å². The molecule has 0 aliphatic heterocycles. The third-order valence-electron chi connectivity index (χ3n) is 1.03. The number of nitrogens with one attached hydrogen (secondary N) is 1. The third-order valence-corrected chi connectivity index (χ3v) is 1.03. The minimum atomic E-state index is 0.176. The molecule has 0 heterocycles. The Balaban J connectivity index is 3.08. The zero-order chi connectivity index (χ0) is 7.11. The van der Waals surface area contributed by atoms with Crippen molar-refractivity contribution < 1.29 is 5.11 Å². The highest BCUT2D eigenvalue weighted by Gasteiger charge is 1.94. The molecule has 2 N–H and O–H groups in total. The van der Waals surface area contributed by atoms with Crippen molar-refractivity contribution in [2.24, 2.45) is 0 Å². The predicted octanol–water partition coefficient (Wildman–Crippen LogP) is -0.0199. The molecule has 0 aliphatic carbocycles. The van der Waals surface area contributed by atoms with E-state index >= 15 is 0 Å². The third kappa shape index (κ3) is 5.35. The minimum absolute atomic E-state index is 0.176. The lowest BCUT2D eigenvalue weighted by molar-refractivity contribution is 0.286. The van der Waals surface area contributed by atoms with Crippen LogP contribution in [-0.2, 0) is 0 Å². The molecule has 1 unspecified atom stereocenters. The van der Waals surface area contributed by atoms with Crippen molar-refractivity contribution >= 4 is 0 Å². The molecular formula is C7H13NO. The molecule has 0 saturated heterocycles. The number of aliphatic hydroxyl groups excluding tert-OH is 1. The largest absolute Gasteiger partial charge is 0.395 e. The van der Waals surface area contributed by atoms with Gasteiger partial charge in [0.15, 0.2) is 0 Å². The summed E-state index contributed by atoms with van der Waals surface area (Å²) in [5, 5.41) is 11.4. The highest BCUT2D eigenvalue weighted by molar-refractivity contribution is 4.87. The molecular weight excluding hydrogens is 114 g/mol. The second-order valence-electron chi connectivity index (χ2n) is 1.99. The van der Waals surface area contributed by atoms with Crippen LogP contribution in [0.3, 0.4) is 0 Å². The van der Waals surface area contributed by atoms with Crippen molar-refractivity contribution in [1.82, 2.24) is 5.32 Å². The molecule has 0 saturated carbocycles. The molecule has 52 valence electrons. The zero-order valence-electron chi connectivity index (χ0n) is 5.72. The fraction of sp³-hybridized carbons (Fsp3) is 0.714. The lowest BCUT2D eigenvalue weighted by atomic mass is 10.2. The lowest BCUT2D eigenvalue weighted by Gasteiger charge is -2.07. The van der Waals surface area contributed by atoms with Crippen molar-refractivity contribution in [2.75, 3.05) is 13.2 Å². The maximum absolute atomic E-state index is 8.37. The Bertz CT molecular complexity index is 95.6. The Labute approximate surface area is 56.3 Å². The van der Waals surface area contributed by atoms with Crippen LogP contribution in [0.5, 0.6) is 0 Å². The van der Waals surface area contributed by atoms with Crippen LogP contribution in [-0.4, -0.2) is 24.3 Å². The molecule has 0 bridgehead atoms. The standard InChI is InChI=1S/C7H13NO/c1-3-4-7(2)8-5-6-9/h1,7-9H,4-6H2,2H3. The van der Waals surface area contributed by atoms with E-state index in [9.17, 15) is 0 Å². The van der Waals surface area contributed by atoms with Gasteiger partial charge < -0.3 is 10.4 Å². The van der Waals surface area contributed by atoms with E-state index in [0.717, 1.165) is 6.42 Å². The number of aliphatic hydroxyl groups is 1. The van der Waals surface area contributed by atoms with Gasteiger partial charge in [-0.2, -0.15) is 0 Å². The topological polar surface area (TPSA) is 32.3 Å². The summed E-state index contributed by atoms with van der Waals surface area (Å²) in [5.74, 6) is 2.53. The molecule has 0 aromatic rings. The first-order valence-corrected chi connectivity index (χ1v) is 3.09. The molecule has 2 heteroatoms. The van der Waals surface area contributed by atoms with Crippen molar-refractivity contribution in [3.63, 3.8) is 0 Å². The van der Waals surface area contributed by atoms with Crippen LogP contribution >= 0.6 is 0 Å². The first kappa shape index (κ1) is 8.48. The monoisotopic (exact) mass is 127 g/mol. The van der Waals surface area contributed by atoms with Gasteiger partial charge in [-0.25, -0.2) is 0 Å². The fourth-order valence-electron chi connectivity index (χ4n) is 0.560. The van der Waals surface area contributed by atoms with Gasteiger partial charge >= 0.3 is 0 Å². The van der Waals surface area contributed by atoms with Crippen LogP contribution in [0.4, 0.5) is 0 Å². The van der Waals surface area contributed by atoms with E-state index in [1.54, 1.807) is 0 Å². The normalized spacial score (nSPS) is 12.6. The Morgan fingerprint density at radius 3 is 2.89 bits per heavy atom. The van der Waals surface area contributed by atoms with Gasteiger partial charge in [-0.15, -0.1) is 12.3 Å². The summed E-state index contributed by atoms with van der Waals surface area (Å²) >= 11 is 0. The van der Waals surface area contributed by atoms with E-state index in [4.69, 9.17) is 11.5 Å². The van der Waals surface area contributed by atoms with Gasteiger partial charge in [0.1, 0.15) is 0 Å². The van der Waals surface area contributed by atoms with Crippen molar-refractivity contribution in [3.8, 4) is 12.3 Å². The molecule has 1 atom stereocenters.